The molecule has 2 fully saturated rings. The van der Waals surface area contributed by atoms with Crippen molar-refractivity contribution in [3.05, 3.63) is 34.2 Å². The number of benzene rings is 1. The smallest absolute Gasteiger partial charge is 0.234 e. The van der Waals surface area contributed by atoms with Crippen LogP contribution in [0.5, 0.6) is 0 Å². The molecule has 0 bridgehead atoms. The molecule has 0 spiro atoms. The van der Waals surface area contributed by atoms with E-state index in [-0.39, 0.29) is 5.91 Å². The second kappa shape index (κ2) is 4.28. The summed E-state index contributed by atoms with van der Waals surface area (Å²) in [4.78, 5) is 26.5. The second-order valence-corrected chi connectivity index (χ2v) is 5.69. The molecule has 1 N–H and O–H groups in total. The van der Waals surface area contributed by atoms with Gasteiger partial charge in [0.25, 0.3) is 0 Å². The molecule has 4 rings (SSSR count). The lowest BCUT2D eigenvalue weighted by Crippen LogP contribution is -2.18. The van der Waals surface area contributed by atoms with Gasteiger partial charge in [0.15, 0.2) is 11.5 Å². The third-order valence-electron chi connectivity index (χ3n) is 3.96. The zero-order chi connectivity index (χ0) is 14.6. The van der Waals surface area contributed by atoms with Gasteiger partial charge in [-0.15, -0.1) is 0 Å². The van der Waals surface area contributed by atoms with Crippen LogP contribution in [-0.2, 0) is 4.79 Å². The van der Waals surface area contributed by atoms with Crippen LogP contribution in [0.15, 0.2) is 22.6 Å². The van der Waals surface area contributed by atoms with Crippen LogP contribution in [0.3, 0.4) is 0 Å². The summed E-state index contributed by atoms with van der Waals surface area (Å²) in [6.07, 6.45) is 2.54. The fourth-order valence-electron chi connectivity index (χ4n) is 2.46. The Morgan fingerprint density at radius 3 is 2.90 bits per heavy atom. The predicted octanol–water partition coefficient (Wildman–Crippen LogP) is 2.31. The Kier molecular flexibility index (Phi) is 2.51. The van der Waals surface area contributed by atoms with Crippen LogP contribution in [0.25, 0.3) is 11.1 Å². The molecule has 1 aromatic carbocycles. The van der Waals surface area contributed by atoms with E-state index in [0.717, 1.165) is 18.7 Å². The minimum absolute atomic E-state index is 0.304. The van der Waals surface area contributed by atoms with Crippen molar-refractivity contribution in [3.8, 4) is 0 Å². The van der Waals surface area contributed by atoms with E-state index in [1.807, 2.05) is 0 Å². The summed E-state index contributed by atoms with van der Waals surface area (Å²) in [6.45, 7) is 0. The van der Waals surface area contributed by atoms with E-state index in [1.54, 1.807) is 18.2 Å². The van der Waals surface area contributed by atoms with Crippen molar-refractivity contribution in [2.24, 2.45) is 5.92 Å². The van der Waals surface area contributed by atoms with E-state index in [1.165, 1.54) is 0 Å². The zero-order valence-corrected chi connectivity index (χ0v) is 11.1. The molecule has 1 amide bonds. The van der Waals surface area contributed by atoms with Gasteiger partial charge in [0.2, 0.25) is 11.9 Å². The van der Waals surface area contributed by atoms with Crippen molar-refractivity contribution in [2.45, 2.75) is 31.2 Å². The Bertz CT molecular complexity index is 750. The molecule has 0 unspecified atom stereocenters. The predicted molar refractivity (Wildman–Crippen MR) is 73.5 cm³/mol. The quantitative estimate of drug-likeness (QED) is 0.687. The molecule has 1 aromatic heterocycles. The average Bonchev–Trinajstić information content (AvgIpc) is 3.33. The maximum Gasteiger partial charge on any atom is 0.234 e. The topological polar surface area (TPSA) is 98.3 Å². The van der Waals surface area contributed by atoms with Crippen LogP contribution in [0.4, 0.5) is 5.69 Å². The highest BCUT2D eigenvalue weighted by Gasteiger charge is 2.53. The van der Waals surface area contributed by atoms with E-state index in [9.17, 15) is 14.9 Å². The standard InChI is InChI=1S/C14H13N3O4/c18-13(9-6-11(9)17(19)20)15-8-3-4-12-10(5-8)16-14(21-12)7-1-2-7/h3-5,7,9,11H,1-2,6H2,(H,15,18)/t9-,11-/m1/s1. The van der Waals surface area contributed by atoms with Crippen molar-refractivity contribution in [1.29, 1.82) is 0 Å². The van der Waals surface area contributed by atoms with Gasteiger partial charge in [-0.25, -0.2) is 4.98 Å². The van der Waals surface area contributed by atoms with E-state index in [2.05, 4.69) is 10.3 Å². The molecule has 7 nitrogen and oxygen atoms in total. The van der Waals surface area contributed by atoms with Gasteiger partial charge in [-0.1, -0.05) is 0 Å². The molecule has 2 aliphatic rings. The van der Waals surface area contributed by atoms with Gasteiger partial charge in [0.05, 0.1) is 0 Å². The van der Waals surface area contributed by atoms with Crippen molar-refractivity contribution < 1.29 is 14.1 Å². The molecule has 0 radical (unpaired) electrons. The molecule has 0 aliphatic heterocycles. The molecule has 2 saturated carbocycles. The average molecular weight is 287 g/mol. The number of carbonyl (C=O) groups is 1. The SMILES string of the molecule is O=C(Nc1ccc2oc(C3CC3)nc2c1)[C@@H]1C[C@H]1[N+](=O)[O-]. The van der Waals surface area contributed by atoms with Gasteiger partial charge in [0, 0.05) is 22.9 Å². The van der Waals surface area contributed by atoms with Crippen molar-refractivity contribution in [3.63, 3.8) is 0 Å². The second-order valence-electron chi connectivity index (χ2n) is 5.69. The minimum Gasteiger partial charge on any atom is -0.440 e. The highest BCUT2D eigenvalue weighted by molar-refractivity contribution is 5.96. The summed E-state index contributed by atoms with van der Waals surface area (Å²) >= 11 is 0. The van der Waals surface area contributed by atoms with Crippen molar-refractivity contribution in [2.75, 3.05) is 5.32 Å². The lowest BCUT2D eigenvalue weighted by molar-refractivity contribution is -0.497. The number of carbonyl (C=O) groups excluding carboxylic acids is 1. The highest BCUT2D eigenvalue weighted by atomic mass is 16.6. The Morgan fingerprint density at radius 1 is 1.43 bits per heavy atom. The van der Waals surface area contributed by atoms with E-state index in [4.69, 9.17) is 4.42 Å². The Labute approximate surface area is 119 Å². The molecular weight excluding hydrogens is 274 g/mol. The van der Waals surface area contributed by atoms with Gasteiger partial charge >= 0.3 is 0 Å². The number of nitro groups is 1. The molecular formula is C14H13N3O4. The molecule has 0 saturated heterocycles. The van der Waals surface area contributed by atoms with E-state index >= 15 is 0 Å². The number of nitrogens with zero attached hydrogens (tertiary/aromatic N) is 2. The number of anilines is 1. The first-order valence-corrected chi connectivity index (χ1v) is 6.96. The van der Waals surface area contributed by atoms with E-state index in [0.29, 0.717) is 29.1 Å². The van der Waals surface area contributed by atoms with Crippen LogP contribution in [-0.4, -0.2) is 21.9 Å². The molecule has 7 heteroatoms. The lowest BCUT2D eigenvalue weighted by Gasteiger charge is -2.02. The number of oxazole rings is 1. The summed E-state index contributed by atoms with van der Waals surface area (Å²) in [5.74, 6) is 0.365. The molecule has 108 valence electrons. The van der Waals surface area contributed by atoms with Gasteiger partial charge in [-0.2, -0.15) is 0 Å². The number of rotatable bonds is 4. The summed E-state index contributed by atoms with van der Waals surface area (Å²) in [6, 6.07) is 4.50. The molecule has 2 aliphatic carbocycles. The first-order chi connectivity index (χ1) is 10.1. The molecule has 2 aromatic rings. The number of hydrogen-bond donors (Lipinski definition) is 1. The lowest BCUT2D eigenvalue weighted by atomic mass is 10.2. The molecule has 1 heterocycles. The maximum absolute atomic E-state index is 11.9. The number of amides is 1. The first-order valence-electron chi connectivity index (χ1n) is 6.96. The summed E-state index contributed by atoms with van der Waals surface area (Å²) in [5.41, 5.74) is 2.00. The van der Waals surface area contributed by atoms with Crippen LogP contribution >= 0.6 is 0 Å². The maximum atomic E-state index is 11.9. The zero-order valence-electron chi connectivity index (χ0n) is 11.1. The summed E-state index contributed by atoms with van der Waals surface area (Å²) in [7, 11) is 0. The number of fused-ring (bicyclic) bond motifs is 1. The third kappa shape index (κ3) is 2.24. The van der Waals surface area contributed by atoms with Gasteiger partial charge < -0.3 is 9.73 Å². The van der Waals surface area contributed by atoms with Crippen LogP contribution in [0.2, 0.25) is 0 Å². The highest BCUT2D eigenvalue weighted by Crippen LogP contribution is 2.41. The van der Waals surface area contributed by atoms with Gasteiger partial charge in [-0.05, 0) is 31.0 Å². The first kappa shape index (κ1) is 12.3. The van der Waals surface area contributed by atoms with E-state index < -0.39 is 16.9 Å². The normalized spacial score (nSPS) is 24.0. The Morgan fingerprint density at radius 2 is 2.24 bits per heavy atom. The van der Waals surface area contributed by atoms with Crippen LogP contribution in [0.1, 0.15) is 31.1 Å². The molecule has 2 atom stereocenters. The fourth-order valence-corrected chi connectivity index (χ4v) is 2.46. The minimum atomic E-state index is -0.734. The number of hydrogen-bond acceptors (Lipinski definition) is 5. The van der Waals surface area contributed by atoms with Crippen molar-refractivity contribution >= 4 is 22.7 Å². The Balaban J connectivity index is 1.51. The molecule has 21 heavy (non-hydrogen) atoms. The van der Waals surface area contributed by atoms with Crippen molar-refractivity contribution in [1.82, 2.24) is 4.98 Å². The summed E-state index contributed by atoms with van der Waals surface area (Å²) in [5, 5.41) is 13.3. The van der Waals surface area contributed by atoms with Gasteiger partial charge in [-0.3, -0.25) is 14.9 Å². The van der Waals surface area contributed by atoms with Crippen LogP contribution < -0.4 is 5.32 Å². The monoisotopic (exact) mass is 287 g/mol. The largest absolute Gasteiger partial charge is 0.440 e. The van der Waals surface area contributed by atoms with Crippen LogP contribution in [0, 0.1) is 16.0 Å². The summed E-state index contributed by atoms with van der Waals surface area (Å²) < 4.78 is 5.65. The van der Waals surface area contributed by atoms with Gasteiger partial charge in [0.1, 0.15) is 11.4 Å². The number of nitrogens with one attached hydrogen (secondary N) is 1. The Hall–Kier alpha value is -2.44. The fraction of sp³-hybridized carbons (Fsp3) is 0.429. The number of aromatic nitrogens is 1. The third-order valence-corrected chi connectivity index (χ3v) is 3.96.